The second kappa shape index (κ2) is 13.6. The number of ether oxygens (including phenoxy) is 1. The Morgan fingerprint density at radius 2 is 1.56 bits per heavy atom. The lowest BCUT2D eigenvalue weighted by molar-refractivity contribution is -0.129. The lowest BCUT2D eigenvalue weighted by atomic mass is 10.2. The highest BCUT2D eigenvalue weighted by atomic mass is 32.2. The van der Waals surface area contributed by atoms with Crippen molar-refractivity contribution in [3.8, 4) is 22.8 Å². The minimum atomic E-state index is -0.476. The number of carbonyl (C=O) groups is 2. The van der Waals surface area contributed by atoms with E-state index in [0.717, 1.165) is 22.4 Å². The molecule has 0 saturated carbocycles. The Balaban J connectivity index is 1.15. The molecular weight excluding hydrogens is 536 g/mol. The van der Waals surface area contributed by atoms with Crippen LogP contribution in [0.25, 0.3) is 23.2 Å². The summed E-state index contributed by atoms with van der Waals surface area (Å²) in [6, 6.07) is 29.7. The number of nitrogens with zero attached hydrogens (tertiary/aromatic N) is 5. The van der Waals surface area contributed by atoms with Crippen molar-refractivity contribution in [3.05, 3.63) is 127 Å². The lowest BCUT2D eigenvalue weighted by Gasteiger charge is -2.10. The number of nitrogens with one attached hydrogen (secondary N) is 1. The molecule has 1 N–H and O–H groups in total. The molecule has 0 atom stereocenters. The van der Waals surface area contributed by atoms with Gasteiger partial charge in [-0.15, -0.1) is 10.2 Å². The van der Waals surface area contributed by atoms with Gasteiger partial charge in [-0.3, -0.25) is 14.3 Å². The third-order valence-electron chi connectivity index (χ3n) is 5.63. The fraction of sp³-hybridized carbons (Fsp3) is 0.0323. The summed E-state index contributed by atoms with van der Waals surface area (Å²) < 4.78 is 7.23. The van der Waals surface area contributed by atoms with Crippen LogP contribution in [0, 0.1) is 0 Å². The van der Waals surface area contributed by atoms with Gasteiger partial charge < -0.3 is 4.74 Å². The van der Waals surface area contributed by atoms with Gasteiger partial charge in [-0.25, -0.2) is 10.2 Å². The van der Waals surface area contributed by atoms with Gasteiger partial charge in [0.1, 0.15) is 5.75 Å². The molecule has 0 bridgehead atoms. The molecule has 9 nitrogen and oxygen atoms in total. The third kappa shape index (κ3) is 7.61. The maximum Gasteiger partial charge on any atom is 0.336 e. The zero-order valence-corrected chi connectivity index (χ0v) is 22.5. The monoisotopic (exact) mass is 560 g/mol. The fourth-order valence-electron chi connectivity index (χ4n) is 3.70. The van der Waals surface area contributed by atoms with Gasteiger partial charge >= 0.3 is 5.97 Å². The van der Waals surface area contributed by atoms with Crippen molar-refractivity contribution in [1.82, 2.24) is 25.2 Å². The first kappa shape index (κ1) is 27.2. The molecule has 0 radical (unpaired) electrons. The fourth-order valence-corrected chi connectivity index (χ4v) is 4.45. The number of pyridine rings is 1. The topological polar surface area (TPSA) is 111 Å². The molecule has 202 valence electrons. The van der Waals surface area contributed by atoms with E-state index in [1.54, 1.807) is 42.7 Å². The number of hydrazone groups is 1. The van der Waals surface area contributed by atoms with Crippen molar-refractivity contribution < 1.29 is 14.3 Å². The molecule has 5 rings (SSSR count). The van der Waals surface area contributed by atoms with Crippen molar-refractivity contribution in [3.63, 3.8) is 0 Å². The number of esters is 1. The summed E-state index contributed by atoms with van der Waals surface area (Å²) in [7, 11) is 0. The molecule has 2 aromatic heterocycles. The standard InChI is InChI=1S/C31H24N6O3S/c38-28(22-41-31-36-35-30(25-17-19-32-20-18-25)37(31)26-9-5-2-6-10-26)34-33-21-24-11-14-27(15-12-24)40-29(39)16-13-23-7-3-1-4-8-23/h1-21H,22H2,(H,34,38)/b16-13+,33-21+. The number of hydrogen-bond donors (Lipinski definition) is 1. The molecule has 1 amide bonds. The quantitative estimate of drug-likeness (QED) is 0.0625. The average Bonchev–Trinajstić information content (AvgIpc) is 3.45. The summed E-state index contributed by atoms with van der Waals surface area (Å²) in [5.41, 5.74) is 5.90. The highest BCUT2D eigenvalue weighted by molar-refractivity contribution is 7.99. The Morgan fingerprint density at radius 3 is 2.29 bits per heavy atom. The van der Waals surface area contributed by atoms with Crippen molar-refractivity contribution >= 4 is 35.9 Å². The Kier molecular flexibility index (Phi) is 9.05. The molecule has 5 aromatic rings. The molecule has 10 heteroatoms. The molecule has 0 fully saturated rings. The normalized spacial score (nSPS) is 11.1. The van der Waals surface area contributed by atoms with Crippen LogP contribution in [0.2, 0.25) is 0 Å². The van der Waals surface area contributed by atoms with Gasteiger partial charge in [0.05, 0.1) is 12.0 Å². The zero-order valence-electron chi connectivity index (χ0n) is 21.7. The van der Waals surface area contributed by atoms with Gasteiger partial charge in [0.15, 0.2) is 11.0 Å². The molecule has 0 aliphatic rings. The number of rotatable bonds is 10. The maximum atomic E-state index is 12.5. The van der Waals surface area contributed by atoms with E-state index in [2.05, 4.69) is 25.7 Å². The number of amides is 1. The van der Waals surface area contributed by atoms with Crippen LogP contribution < -0.4 is 10.2 Å². The lowest BCUT2D eigenvalue weighted by Crippen LogP contribution is -2.20. The van der Waals surface area contributed by atoms with E-state index >= 15 is 0 Å². The summed E-state index contributed by atoms with van der Waals surface area (Å²) in [6.45, 7) is 0. The predicted octanol–water partition coefficient (Wildman–Crippen LogP) is 5.19. The minimum Gasteiger partial charge on any atom is -0.423 e. The number of benzene rings is 3. The largest absolute Gasteiger partial charge is 0.423 e. The predicted molar refractivity (Wildman–Crippen MR) is 159 cm³/mol. The van der Waals surface area contributed by atoms with Gasteiger partial charge in [0.25, 0.3) is 5.91 Å². The first-order valence-electron chi connectivity index (χ1n) is 12.6. The van der Waals surface area contributed by atoms with E-state index in [0.29, 0.717) is 16.7 Å². The van der Waals surface area contributed by atoms with Crippen molar-refractivity contribution in [2.45, 2.75) is 5.16 Å². The van der Waals surface area contributed by atoms with Gasteiger partial charge in [0, 0.05) is 29.7 Å². The summed E-state index contributed by atoms with van der Waals surface area (Å²) in [4.78, 5) is 28.6. The van der Waals surface area contributed by atoms with Gasteiger partial charge in [-0.1, -0.05) is 60.3 Å². The highest BCUT2D eigenvalue weighted by Gasteiger charge is 2.17. The Morgan fingerprint density at radius 1 is 0.854 bits per heavy atom. The zero-order chi connectivity index (χ0) is 28.3. The van der Waals surface area contributed by atoms with Crippen LogP contribution in [0.3, 0.4) is 0 Å². The van der Waals surface area contributed by atoms with Crippen molar-refractivity contribution in [1.29, 1.82) is 0 Å². The number of carbonyl (C=O) groups excluding carboxylic acids is 2. The average molecular weight is 561 g/mol. The van der Waals surface area contributed by atoms with Crippen LogP contribution in [-0.2, 0) is 9.59 Å². The van der Waals surface area contributed by atoms with Crippen LogP contribution in [0.5, 0.6) is 5.75 Å². The SMILES string of the molecule is O=C(CSc1nnc(-c2ccncc2)n1-c1ccccc1)N/N=C/c1ccc(OC(=O)/C=C/c2ccccc2)cc1. The highest BCUT2D eigenvalue weighted by Crippen LogP contribution is 2.27. The molecular formula is C31H24N6O3S. The second-order valence-electron chi connectivity index (χ2n) is 8.53. The molecule has 0 saturated heterocycles. The Hall–Kier alpha value is -5.35. The van der Waals surface area contributed by atoms with Gasteiger partial charge in [0.2, 0.25) is 0 Å². The van der Waals surface area contributed by atoms with E-state index in [1.807, 2.05) is 77.4 Å². The Labute approximate surface area is 240 Å². The van der Waals surface area contributed by atoms with Gasteiger partial charge in [-0.2, -0.15) is 5.10 Å². The van der Waals surface area contributed by atoms with E-state index in [9.17, 15) is 9.59 Å². The smallest absolute Gasteiger partial charge is 0.336 e. The number of para-hydroxylation sites is 1. The Bertz CT molecular complexity index is 1660. The van der Waals surface area contributed by atoms with E-state index in [4.69, 9.17) is 4.74 Å². The van der Waals surface area contributed by atoms with Crippen molar-refractivity contribution in [2.24, 2.45) is 5.10 Å². The third-order valence-corrected chi connectivity index (χ3v) is 6.56. The van der Waals surface area contributed by atoms with Crippen LogP contribution in [0.15, 0.2) is 126 Å². The second-order valence-corrected chi connectivity index (χ2v) is 9.47. The molecule has 0 aliphatic carbocycles. The molecule has 0 spiro atoms. The van der Waals surface area contributed by atoms with Crippen LogP contribution >= 0.6 is 11.8 Å². The minimum absolute atomic E-state index is 0.0873. The van der Waals surface area contributed by atoms with E-state index < -0.39 is 5.97 Å². The van der Waals surface area contributed by atoms with Crippen LogP contribution in [-0.4, -0.2) is 43.6 Å². The first-order chi connectivity index (χ1) is 20.2. The van der Waals surface area contributed by atoms with Crippen LogP contribution in [0.1, 0.15) is 11.1 Å². The van der Waals surface area contributed by atoms with Crippen molar-refractivity contribution in [2.75, 3.05) is 5.75 Å². The summed E-state index contributed by atoms with van der Waals surface area (Å²) >= 11 is 1.26. The van der Waals surface area contributed by atoms with E-state index in [-0.39, 0.29) is 11.7 Å². The summed E-state index contributed by atoms with van der Waals surface area (Å²) in [5.74, 6) is 0.371. The first-order valence-corrected chi connectivity index (χ1v) is 13.6. The van der Waals surface area contributed by atoms with E-state index in [1.165, 1.54) is 24.1 Å². The summed E-state index contributed by atoms with van der Waals surface area (Å²) in [5, 5.41) is 13.3. The molecule has 0 unspecified atom stereocenters. The molecule has 3 aromatic carbocycles. The molecule has 41 heavy (non-hydrogen) atoms. The maximum absolute atomic E-state index is 12.5. The summed E-state index contributed by atoms with van der Waals surface area (Å²) in [6.07, 6.45) is 7.97. The molecule has 2 heterocycles. The number of thioether (sulfide) groups is 1. The van der Waals surface area contributed by atoms with Gasteiger partial charge in [-0.05, 0) is 65.7 Å². The number of hydrogen-bond acceptors (Lipinski definition) is 8. The van der Waals surface area contributed by atoms with Crippen LogP contribution in [0.4, 0.5) is 0 Å². The molecule has 0 aliphatic heterocycles. The number of aromatic nitrogens is 4.